The van der Waals surface area contributed by atoms with Crippen molar-refractivity contribution in [2.75, 3.05) is 19.7 Å². The largest absolute Gasteiger partial charge is 0.379 e. The van der Waals surface area contributed by atoms with E-state index < -0.39 is 0 Å². The molecule has 0 aromatic carbocycles. The normalized spacial score (nSPS) is 32.4. The Morgan fingerprint density at radius 2 is 2.55 bits per heavy atom. The molecule has 1 heterocycles. The maximum absolute atomic E-state index is 9.93. The van der Waals surface area contributed by atoms with Gasteiger partial charge in [-0.15, -0.1) is 0 Å². The molecule has 1 aliphatic heterocycles. The molecule has 0 spiro atoms. The van der Waals surface area contributed by atoms with Crippen molar-refractivity contribution in [2.24, 2.45) is 0 Å². The second kappa shape index (κ2) is 4.83. The summed E-state index contributed by atoms with van der Waals surface area (Å²) < 4.78 is 20.1. The molecule has 1 rings (SSSR count). The number of ether oxygens (including phenoxy) is 1. The zero-order valence-electron chi connectivity index (χ0n) is 6.45. The molecule has 1 aliphatic rings. The van der Waals surface area contributed by atoms with Gasteiger partial charge in [-0.2, -0.15) is 0 Å². The van der Waals surface area contributed by atoms with Gasteiger partial charge in [0.15, 0.2) is 0 Å². The van der Waals surface area contributed by atoms with E-state index >= 15 is 0 Å². The lowest BCUT2D eigenvalue weighted by atomic mass is 9.98. The van der Waals surface area contributed by atoms with Crippen LogP contribution in [0.25, 0.3) is 0 Å². The third kappa shape index (κ3) is 3.30. The summed E-state index contributed by atoms with van der Waals surface area (Å²) in [4.78, 5) is 0. The maximum atomic E-state index is 9.93. The zero-order valence-corrected chi connectivity index (χ0v) is 7.34. The van der Waals surface area contributed by atoms with Crippen LogP contribution in [0.2, 0.25) is 0 Å². The molecular formula is C5H11BNO3P. The molecule has 0 aromatic rings. The van der Waals surface area contributed by atoms with Crippen molar-refractivity contribution in [3.8, 4) is 0 Å². The Kier molecular flexibility index (Phi) is 4.01. The summed E-state index contributed by atoms with van der Waals surface area (Å²) in [5.41, 5.74) is 0. The molecule has 2 unspecified atom stereocenters. The molecule has 2 atom stereocenters. The van der Waals surface area contributed by atoms with Gasteiger partial charge < -0.3 is 10.1 Å². The Morgan fingerprint density at radius 1 is 1.73 bits per heavy atom. The van der Waals surface area contributed by atoms with Gasteiger partial charge in [-0.25, -0.2) is 4.57 Å². The Hall–Kier alpha value is 0.0449. The topological polar surface area (TPSA) is 47.6 Å². The fraction of sp³-hybridized carbons (Fsp3) is 1.00. The van der Waals surface area contributed by atoms with Crippen LogP contribution in [0.5, 0.6) is 0 Å². The van der Waals surface area contributed by atoms with E-state index in [-0.39, 0.29) is 20.8 Å². The summed E-state index contributed by atoms with van der Waals surface area (Å²) in [5, 5.41) is 3.18. The monoisotopic (exact) mass is 175 g/mol. The highest BCUT2D eigenvalue weighted by molar-refractivity contribution is 7.17. The van der Waals surface area contributed by atoms with Crippen LogP contribution >= 0.6 is 8.69 Å². The van der Waals surface area contributed by atoms with E-state index in [0.717, 1.165) is 13.1 Å². The minimum absolute atomic E-state index is 0.0419. The zero-order chi connectivity index (χ0) is 8.10. The fourth-order valence-electron chi connectivity index (χ4n) is 1.08. The molecule has 0 aliphatic carbocycles. The molecular weight excluding hydrogens is 164 g/mol. The molecule has 0 amide bonds. The third-order valence-electron chi connectivity index (χ3n) is 1.54. The number of nitrogens with one attached hydrogen (secondary N) is 1. The first-order valence-electron chi connectivity index (χ1n) is 3.63. The van der Waals surface area contributed by atoms with Crippen molar-refractivity contribution in [1.29, 1.82) is 0 Å². The Balaban J connectivity index is 2.17. The molecule has 0 radical (unpaired) electrons. The summed E-state index contributed by atoms with van der Waals surface area (Å²) in [5.74, 6) is 0. The van der Waals surface area contributed by atoms with Crippen LogP contribution in [-0.2, 0) is 13.8 Å². The number of hydrogen-bond acceptors (Lipinski definition) is 4. The van der Waals surface area contributed by atoms with E-state index in [1.807, 2.05) is 7.85 Å². The average molecular weight is 175 g/mol. The number of morpholine rings is 1. The average Bonchev–Trinajstić information content (AvgIpc) is 2.01. The fourth-order valence-corrected chi connectivity index (χ4v) is 1.31. The van der Waals surface area contributed by atoms with Crippen molar-refractivity contribution >= 4 is 16.5 Å². The van der Waals surface area contributed by atoms with E-state index in [4.69, 9.17) is 4.74 Å². The highest BCUT2D eigenvalue weighted by Crippen LogP contribution is 2.04. The summed E-state index contributed by atoms with van der Waals surface area (Å²) >= 11 is 0. The quantitative estimate of drug-likeness (QED) is 0.448. The standard InChI is InChI=1S/C5H11BNO3P/c6-5-2-7-1-4(10-5)3-9-11-8/h4-5,7H,1-3,6H2. The SMILES string of the molecule is BC1CNCC(COP=O)O1. The summed E-state index contributed by atoms with van der Waals surface area (Å²) in [6.07, 6.45) is 0.0419. The Labute approximate surface area is 68.3 Å². The highest BCUT2D eigenvalue weighted by atomic mass is 31.1. The predicted octanol–water partition coefficient (Wildman–Crippen LogP) is -0.843. The van der Waals surface area contributed by atoms with Gasteiger partial charge in [-0.05, 0) is 0 Å². The maximum Gasteiger partial charge on any atom is 0.327 e. The van der Waals surface area contributed by atoms with Crippen LogP contribution < -0.4 is 5.32 Å². The number of rotatable bonds is 3. The molecule has 0 bridgehead atoms. The summed E-state index contributed by atoms with van der Waals surface area (Å²) in [6, 6.07) is 0.223. The predicted molar refractivity (Wildman–Crippen MR) is 43.6 cm³/mol. The minimum Gasteiger partial charge on any atom is -0.379 e. The van der Waals surface area contributed by atoms with Gasteiger partial charge in [0.2, 0.25) is 0 Å². The van der Waals surface area contributed by atoms with Gasteiger partial charge >= 0.3 is 8.69 Å². The lowest BCUT2D eigenvalue weighted by Crippen LogP contribution is -2.46. The van der Waals surface area contributed by atoms with Crippen LogP contribution in [-0.4, -0.2) is 39.6 Å². The minimum atomic E-state index is -0.272. The molecule has 11 heavy (non-hydrogen) atoms. The summed E-state index contributed by atoms with van der Waals surface area (Å²) in [6.45, 7) is 2.05. The second-order valence-electron chi connectivity index (χ2n) is 2.60. The van der Waals surface area contributed by atoms with Crippen LogP contribution in [0.15, 0.2) is 0 Å². The lowest BCUT2D eigenvalue weighted by molar-refractivity contribution is -0.0178. The van der Waals surface area contributed by atoms with Gasteiger partial charge in [-0.3, -0.25) is 4.52 Å². The van der Waals surface area contributed by atoms with Crippen molar-refractivity contribution in [2.45, 2.75) is 12.1 Å². The Morgan fingerprint density at radius 3 is 3.18 bits per heavy atom. The van der Waals surface area contributed by atoms with Crippen LogP contribution in [0, 0.1) is 0 Å². The van der Waals surface area contributed by atoms with E-state index in [1.54, 1.807) is 0 Å². The molecule has 6 heteroatoms. The van der Waals surface area contributed by atoms with Gasteiger partial charge in [0.1, 0.15) is 7.85 Å². The van der Waals surface area contributed by atoms with E-state index in [2.05, 4.69) is 9.84 Å². The van der Waals surface area contributed by atoms with Crippen molar-refractivity contribution < 1.29 is 13.8 Å². The van der Waals surface area contributed by atoms with Crippen molar-refractivity contribution in [1.82, 2.24) is 5.32 Å². The number of hydrogen-bond donors (Lipinski definition) is 1. The van der Waals surface area contributed by atoms with Crippen molar-refractivity contribution in [3.63, 3.8) is 0 Å². The highest BCUT2D eigenvalue weighted by Gasteiger charge is 2.18. The molecule has 62 valence electrons. The molecule has 0 aromatic heterocycles. The first-order chi connectivity index (χ1) is 5.33. The summed E-state index contributed by atoms with van der Waals surface area (Å²) in [7, 11) is 1.72. The van der Waals surface area contributed by atoms with Gasteiger partial charge in [-0.1, -0.05) is 0 Å². The van der Waals surface area contributed by atoms with E-state index in [1.165, 1.54) is 0 Å². The first-order valence-corrected chi connectivity index (χ1v) is 4.36. The molecule has 1 fully saturated rings. The molecule has 4 nitrogen and oxygen atoms in total. The molecule has 0 saturated carbocycles. The smallest absolute Gasteiger partial charge is 0.327 e. The van der Waals surface area contributed by atoms with Gasteiger partial charge in [0.25, 0.3) is 0 Å². The second-order valence-corrected chi connectivity index (χ2v) is 3.00. The molecule has 1 N–H and O–H groups in total. The van der Waals surface area contributed by atoms with Crippen molar-refractivity contribution in [3.05, 3.63) is 0 Å². The first kappa shape index (κ1) is 9.14. The van der Waals surface area contributed by atoms with Crippen LogP contribution in [0.4, 0.5) is 0 Å². The van der Waals surface area contributed by atoms with Crippen LogP contribution in [0.1, 0.15) is 0 Å². The van der Waals surface area contributed by atoms with Gasteiger partial charge in [0.05, 0.1) is 12.7 Å². The van der Waals surface area contributed by atoms with E-state index in [0.29, 0.717) is 6.61 Å². The third-order valence-corrected chi connectivity index (χ3v) is 1.80. The Bertz CT molecular complexity index is 137. The van der Waals surface area contributed by atoms with Gasteiger partial charge in [0, 0.05) is 19.1 Å². The molecule has 1 saturated heterocycles. The van der Waals surface area contributed by atoms with Crippen LogP contribution in [0.3, 0.4) is 0 Å². The lowest BCUT2D eigenvalue weighted by Gasteiger charge is -2.27. The van der Waals surface area contributed by atoms with E-state index in [9.17, 15) is 4.57 Å².